The first-order valence-corrected chi connectivity index (χ1v) is 9.55. The molecule has 0 atom stereocenters. The topological polar surface area (TPSA) is 58.5 Å². The molecule has 5 heteroatoms. The van der Waals surface area contributed by atoms with Gasteiger partial charge in [-0.3, -0.25) is 4.68 Å². The Bertz CT molecular complexity index is 1210. The quantitative estimate of drug-likeness (QED) is 0.411. The predicted octanol–water partition coefficient (Wildman–Crippen LogP) is 5.08. The SMILES string of the molecule is c1ccc(-c2cc(NCCCn3cncn3)cc3c2[nH]c2ccccc23)cc1. The van der Waals surface area contributed by atoms with Gasteiger partial charge in [0, 0.05) is 40.6 Å². The second kappa shape index (κ2) is 7.19. The highest BCUT2D eigenvalue weighted by atomic mass is 15.3. The van der Waals surface area contributed by atoms with Crippen molar-refractivity contribution in [2.45, 2.75) is 13.0 Å². The van der Waals surface area contributed by atoms with Gasteiger partial charge >= 0.3 is 0 Å². The van der Waals surface area contributed by atoms with E-state index in [2.05, 4.69) is 87.1 Å². The summed E-state index contributed by atoms with van der Waals surface area (Å²) in [6.45, 7) is 1.73. The van der Waals surface area contributed by atoms with E-state index in [0.29, 0.717) is 0 Å². The number of aromatic amines is 1. The van der Waals surface area contributed by atoms with E-state index in [9.17, 15) is 0 Å². The lowest BCUT2D eigenvalue weighted by molar-refractivity contribution is 0.590. The molecule has 0 saturated heterocycles. The van der Waals surface area contributed by atoms with Crippen molar-refractivity contribution < 1.29 is 0 Å². The minimum atomic E-state index is 0.855. The number of hydrogen-bond donors (Lipinski definition) is 2. The van der Waals surface area contributed by atoms with Crippen LogP contribution >= 0.6 is 0 Å². The molecule has 0 spiro atoms. The number of aromatic nitrogens is 4. The average Bonchev–Trinajstić information content (AvgIpc) is 3.39. The molecule has 2 N–H and O–H groups in total. The van der Waals surface area contributed by atoms with E-state index < -0.39 is 0 Å². The Kier molecular flexibility index (Phi) is 4.26. The molecule has 0 amide bonds. The van der Waals surface area contributed by atoms with E-state index >= 15 is 0 Å². The maximum absolute atomic E-state index is 4.16. The summed E-state index contributed by atoms with van der Waals surface area (Å²) in [6, 6.07) is 23.5. The Morgan fingerprint density at radius 2 is 1.79 bits per heavy atom. The van der Waals surface area contributed by atoms with Gasteiger partial charge < -0.3 is 10.3 Å². The number of nitrogens with one attached hydrogen (secondary N) is 2. The second-order valence-corrected chi connectivity index (χ2v) is 6.92. The van der Waals surface area contributed by atoms with Crippen LogP contribution in [0.25, 0.3) is 32.9 Å². The van der Waals surface area contributed by atoms with Crippen LogP contribution in [0, 0.1) is 0 Å². The van der Waals surface area contributed by atoms with Crippen LogP contribution in [-0.4, -0.2) is 26.3 Å². The molecule has 0 aliphatic rings. The average molecular weight is 367 g/mol. The molecule has 28 heavy (non-hydrogen) atoms. The molecular formula is C23H21N5. The van der Waals surface area contributed by atoms with Gasteiger partial charge in [-0.15, -0.1) is 0 Å². The van der Waals surface area contributed by atoms with Crippen LogP contribution in [0.4, 0.5) is 5.69 Å². The molecule has 0 bridgehead atoms. The number of rotatable bonds is 6. The minimum Gasteiger partial charge on any atom is -0.385 e. The maximum atomic E-state index is 4.16. The molecule has 5 nitrogen and oxygen atoms in total. The lowest BCUT2D eigenvalue weighted by Gasteiger charge is -2.11. The second-order valence-electron chi connectivity index (χ2n) is 6.92. The lowest BCUT2D eigenvalue weighted by atomic mass is 10.0. The first-order chi connectivity index (χ1) is 13.9. The van der Waals surface area contributed by atoms with E-state index in [1.165, 1.54) is 27.4 Å². The smallest absolute Gasteiger partial charge is 0.137 e. The van der Waals surface area contributed by atoms with Gasteiger partial charge in [0.05, 0.1) is 5.52 Å². The standard InChI is InChI=1S/C23H21N5/c1-2-7-17(8-3-1)20-13-18(25-11-6-12-28-16-24-15-26-28)14-21-19-9-4-5-10-22(19)27-23(20)21/h1-5,7-10,13-16,25,27H,6,11-12H2. The fourth-order valence-corrected chi connectivity index (χ4v) is 3.72. The van der Waals surface area contributed by atoms with E-state index in [0.717, 1.165) is 30.7 Å². The Morgan fingerprint density at radius 1 is 0.929 bits per heavy atom. The highest BCUT2D eigenvalue weighted by Crippen LogP contribution is 2.35. The summed E-state index contributed by atoms with van der Waals surface area (Å²) in [4.78, 5) is 7.60. The molecular weight excluding hydrogens is 346 g/mol. The van der Waals surface area contributed by atoms with Crippen molar-refractivity contribution >= 4 is 27.5 Å². The number of hydrogen-bond acceptors (Lipinski definition) is 3. The van der Waals surface area contributed by atoms with Gasteiger partial charge in [-0.1, -0.05) is 48.5 Å². The molecule has 0 aliphatic heterocycles. The normalized spacial score (nSPS) is 11.3. The first kappa shape index (κ1) is 16.6. The summed E-state index contributed by atoms with van der Waals surface area (Å²) in [5.74, 6) is 0. The van der Waals surface area contributed by atoms with Gasteiger partial charge in [0.15, 0.2) is 0 Å². The van der Waals surface area contributed by atoms with E-state index in [1.807, 2.05) is 4.68 Å². The fraction of sp³-hybridized carbons (Fsp3) is 0.130. The van der Waals surface area contributed by atoms with Crippen molar-refractivity contribution in [1.29, 1.82) is 0 Å². The molecule has 3 aromatic carbocycles. The largest absolute Gasteiger partial charge is 0.385 e. The van der Waals surface area contributed by atoms with Crippen LogP contribution < -0.4 is 5.32 Å². The molecule has 0 fully saturated rings. The summed E-state index contributed by atoms with van der Waals surface area (Å²) in [6.07, 6.45) is 4.31. The Morgan fingerprint density at radius 3 is 2.64 bits per heavy atom. The van der Waals surface area contributed by atoms with Crippen molar-refractivity contribution in [2.75, 3.05) is 11.9 Å². The van der Waals surface area contributed by atoms with Gasteiger partial charge in [-0.2, -0.15) is 5.10 Å². The summed E-state index contributed by atoms with van der Waals surface area (Å²) in [5.41, 5.74) is 5.91. The van der Waals surface area contributed by atoms with Crippen molar-refractivity contribution in [1.82, 2.24) is 19.7 Å². The van der Waals surface area contributed by atoms with Gasteiger partial charge in [0.1, 0.15) is 12.7 Å². The van der Waals surface area contributed by atoms with Gasteiger partial charge in [-0.05, 0) is 30.2 Å². The zero-order valence-electron chi connectivity index (χ0n) is 15.5. The van der Waals surface area contributed by atoms with Crippen molar-refractivity contribution in [2.24, 2.45) is 0 Å². The van der Waals surface area contributed by atoms with Crippen LogP contribution in [0.2, 0.25) is 0 Å². The summed E-state index contributed by atoms with van der Waals surface area (Å²) < 4.78 is 1.86. The van der Waals surface area contributed by atoms with E-state index in [-0.39, 0.29) is 0 Å². The van der Waals surface area contributed by atoms with Gasteiger partial charge in [0.2, 0.25) is 0 Å². The lowest BCUT2D eigenvalue weighted by Crippen LogP contribution is -2.07. The Hall–Kier alpha value is -3.60. The number of aryl methyl sites for hydroxylation is 1. The third-order valence-electron chi connectivity index (χ3n) is 5.06. The highest BCUT2D eigenvalue weighted by Gasteiger charge is 2.11. The Balaban J connectivity index is 1.51. The number of benzene rings is 3. The predicted molar refractivity (Wildman–Crippen MR) is 114 cm³/mol. The first-order valence-electron chi connectivity index (χ1n) is 9.55. The summed E-state index contributed by atoms with van der Waals surface area (Å²) in [5, 5.41) is 10.2. The fourth-order valence-electron chi connectivity index (χ4n) is 3.72. The number of nitrogens with zero attached hydrogens (tertiary/aromatic N) is 3. The van der Waals surface area contributed by atoms with Crippen LogP contribution in [0.15, 0.2) is 79.4 Å². The maximum Gasteiger partial charge on any atom is 0.137 e. The zero-order valence-corrected chi connectivity index (χ0v) is 15.5. The molecule has 0 saturated carbocycles. The van der Waals surface area contributed by atoms with Crippen LogP contribution in [0.1, 0.15) is 6.42 Å². The number of para-hydroxylation sites is 1. The van der Waals surface area contributed by atoms with Crippen molar-refractivity contribution in [3.05, 3.63) is 79.4 Å². The van der Waals surface area contributed by atoms with Crippen LogP contribution in [0.5, 0.6) is 0 Å². The van der Waals surface area contributed by atoms with Crippen LogP contribution in [0.3, 0.4) is 0 Å². The minimum absolute atomic E-state index is 0.855. The van der Waals surface area contributed by atoms with Crippen molar-refractivity contribution in [3.63, 3.8) is 0 Å². The molecule has 5 aromatic rings. The molecule has 0 radical (unpaired) electrons. The third kappa shape index (κ3) is 3.11. The zero-order chi connectivity index (χ0) is 18.8. The van der Waals surface area contributed by atoms with Gasteiger partial charge in [-0.25, -0.2) is 4.98 Å². The summed E-state index contributed by atoms with van der Waals surface area (Å²) in [7, 11) is 0. The molecule has 5 rings (SSSR count). The number of anilines is 1. The number of fused-ring (bicyclic) bond motifs is 3. The third-order valence-corrected chi connectivity index (χ3v) is 5.06. The monoisotopic (exact) mass is 367 g/mol. The van der Waals surface area contributed by atoms with Crippen molar-refractivity contribution in [3.8, 4) is 11.1 Å². The van der Waals surface area contributed by atoms with Gasteiger partial charge in [0.25, 0.3) is 0 Å². The summed E-state index contributed by atoms with van der Waals surface area (Å²) >= 11 is 0. The molecule has 138 valence electrons. The molecule has 0 aliphatic carbocycles. The molecule has 0 unspecified atom stereocenters. The molecule has 2 heterocycles. The molecule has 2 aromatic heterocycles. The number of H-pyrrole nitrogens is 1. The van der Waals surface area contributed by atoms with E-state index in [1.54, 1.807) is 12.7 Å². The van der Waals surface area contributed by atoms with Crippen LogP contribution in [-0.2, 0) is 6.54 Å². The highest BCUT2D eigenvalue weighted by molar-refractivity contribution is 6.13. The Labute approximate surface area is 163 Å². The van der Waals surface area contributed by atoms with E-state index in [4.69, 9.17) is 0 Å².